The van der Waals surface area contributed by atoms with E-state index >= 15 is 0 Å². The Morgan fingerprint density at radius 3 is 2.64 bits per heavy atom. The Hall–Kier alpha value is -3.42. The number of hydrogen-bond donors (Lipinski definition) is 2. The van der Waals surface area contributed by atoms with Gasteiger partial charge in [0.1, 0.15) is 5.70 Å². The van der Waals surface area contributed by atoms with Gasteiger partial charge in [-0.05, 0) is 23.8 Å². The molecule has 0 atom stereocenters. The molecule has 1 heterocycles. The number of nitrogens with zero attached hydrogens (tertiary/aromatic N) is 1. The van der Waals surface area contributed by atoms with Crippen LogP contribution in [-0.2, 0) is 4.79 Å². The van der Waals surface area contributed by atoms with Gasteiger partial charge in [0.15, 0.2) is 5.76 Å². The van der Waals surface area contributed by atoms with Gasteiger partial charge in [0.2, 0.25) is 0 Å². The molecule has 0 aliphatic carbocycles. The average molecular weight is 302 g/mol. The number of furan rings is 1. The summed E-state index contributed by atoms with van der Waals surface area (Å²) in [5.41, 5.74) is -0.343. The summed E-state index contributed by atoms with van der Waals surface area (Å²) in [5.74, 6) is -2.17. The number of nitro benzene ring substituents is 1. The van der Waals surface area contributed by atoms with Crippen LogP contribution >= 0.6 is 0 Å². The zero-order valence-corrected chi connectivity index (χ0v) is 11.1. The van der Waals surface area contributed by atoms with Gasteiger partial charge in [-0.3, -0.25) is 14.9 Å². The number of benzene rings is 1. The smallest absolute Gasteiger partial charge is 0.352 e. The number of carboxylic acids is 1. The average Bonchev–Trinajstić information content (AvgIpc) is 3.01. The van der Waals surface area contributed by atoms with Crippen molar-refractivity contribution in [3.05, 3.63) is 69.8 Å². The maximum Gasteiger partial charge on any atom is 0.352 e. The molecule has 8 nitrogen and oxygen atoms in total. The zero-order valence-electron chi connectivity index (χ0n) is 11.1. The highest BCUT2D eigenvalue weighted by atomic mass is 16.6. The molecule has 1 amide bonds. The molecule has 0 fully saturated rings. The lowest BCUT2D eigenvalue weighted by atomic mass is 10.1. The van der Waals surface area contributed by atoms with Gasteiger partial charge >= 0.3 is 5.97 Å². The third-order valence-corrected chi connectivity index (χ3v) is 2.62. The van der Waals surface area contributed by atoms with Crippen molar-refractivity contribution in [2.45, 2.75) is 0 Å². The number of carboxylic acid groups (broad SMARTS) is 1. The second-order valence-corrected chi connectivity index (χ2v) is 4.15. The van der Waals surface area contributed by atoms with Gasteiger partial charge in [0.05, 0.1) is 11.2 Å². The SMILES string of the molecule is O=C(O)/C(=C\c1cccc([N+](=O)[O-])c1)NC(=O)c1ccco1. The van der Waals surface area contributed by atoms with Crippen molar-refractivity contribution in [3.8, 4) is 0 Å². The molecule has 2 rings (SSSR count). The summed E-state index contributed by atoms with van der Waals surface area (Å²) >= 11 is 0. The van der Waals surface area contributed by atoms with Gasteiger partial charge in [-0.25, -0.2) is 4.79 Å². The molecule has 0 saturated heterocycles. The number of amides is 1. The highest BCUT2D eigenvalue weighted by molar-refractivity contribution is 6.01. The van der Waals surface area contributed by atoms with E-state index in [0.29, 0.717) is 0 Å². The van der Waals surface area contributed by atoms with E-state index in [1.807, 2.05) is 0 Å². The normalized spacial score (nSPS) is 11.0. The molecule has 112 valence electrons. The minimum Gasteiger partial charge on any atom is -0.477 e. The first kappa shape index (κ1) is 15.0. The van der Waals surface area contributed by atoms with Crippen LogP contribution in [0.15, 0.2) is 52.8 Å². The van der Waals surface area contributed by atoms with Crippen LogP contribution in [0.2, 0.25) is 0 Å². The van der Waals surface area contributed by atoms with Crippen molar-refractivity contribution in [1.82, 2.24) is 5.32 Å². The fourth-order valence-corrected chi connectivity index (χ4v) is 1.64. The first-order chi connectivity index (χ1) is 10.5. The molecule has 2 N–H and O–H groups in total. The van der Waals surface area contributed by atoms with E-state index in [2.05, 4.69) is 5.32 Å². The number of carbonyl (C=O) groups excluding carboxylic acids is 1. The highest BCUT2D eigenvalue weighted by Crippen LogP contribution is 2.15. The minimum absolute atomic E-state index is 0.0498. The molecule has 0 unspecified atom stereocenters. The lowest BCUT2D eigenvalue weighted by molar-refractivity contribution is -0.384. The van der Waals surface area contributed by atoms with Gasteiger partial charge < -0.3 is 14.8 Å². The predicted molar refractivity (Wildman–Crippen MR) is 74.9 cm³/mol. The van der Waals surface area contributed by atoms with E-state index in [0.717, 1.165) is 6.08 Å². The standard InChI is InChI=1S/C14H10N2O6/c17-13(12-5-2-6-22-12)15-11(14(18)19)8-9-3-1-4-10(7-9)16(20)21/h1-8H,(H,15,17)(H,18,19)/b11-8+. The van der Waals surface area contributed by atoms with Crippen LogP contribution in [0, 0.1) is 10.1 Å². The summed E-state index contributed by atoms with van der Waals surface area (Å²) in [7, 11) is 0. The monoisotopic (exact) mass is 302 g/mol. The second-order valence-electron chi connectivity index (χ2n) is 4.15. The number of rotatable bonds is 5. The summed E-state index contributed by atoms with van der Waals surface area (Å²) in [5, 5.41) is 22.0. The van der Waals surface area contributed by atoms with Crippen LogP contribution < -0.4 is 5.32 Å². The van der Waals surface area contributed by atoms with Crippen molar-refractivity contribution in [2.75, 3.05) is 0 Å². The Bertz CT molecular complexity index is 748. The number of aliphatic carboxylic acids is 1. The van der Waals surface area contributed by atoms with Crippen molar-refractivity contribution in [3.63, 3.8) is 0 Å². The summed E-state index contributed by atoms with van der Waals surface area (Å²) in [6.45, 7) is 0. The summed E-state index contributed by atoms with van der Waals surface area (Å²) in [6, 6.07) is 8.23. The van der Waals surface area contributed by atoms with Crippen molar-refractivity contribution in [1.29, 1.82) is 0 Å². The van der Waals surface area contributed by atoms with Crippen LogP contribution in [0.25, 0.3) is 6.08 Å². The fraction of sp³-hybridized carbons (Fsp3) is 0. The molecule has 0 spiro atoms. The van der Waals surface area contributed by atoms with Crippen LogP contribution in [0.4, 0.5) is 5.69 Å². The fourth-order valence-electron chi connectivity index (χ4n) is 1.64. The number of nitrogens with one attached hydrogen (secondary N) is 1. The third kappa shape index (κ3) is 3.57. The summed E-state index contributed by atoms with van der Waals surface area (Å²) in [6.07, 6.45) is 2.40. The molecule has 0 aliphatic heterocycles. The molecule has 1 aromatic heterocycles. The van der Waals surface area contributed by atoms with Gasteiger partial charge in [-0.1, -0.05) is 12.1 Å². The first-order valence-electron chi connectivity index (χ1n) is 6.01. The van der Waals surface area contributed by atoms with E-state index in [4.69, 9.17) is 9.52 Å². The van der Waals surface area contributed by atoms with Crippen molar-refractivity contribution >= 4 is 23.6 Å². The molecular weight excluding hydrogens is 292 g/mol. The molecule has 2 aromatic rings. The van der Waals surface area contributed by atoms with Crippen LogP contribution in [0.3, 0.4) is 0 Å². The molecule has 0 bridgehead atoms. The summed E-state index contributed by atoms with van der Waals surface area (Å²) in [4.78, 5) is 33.0. The Morgan fingerprint density at radius 1 is 1.27 bits per heavy atom. The van der Waals surface area contributed by atoms with Crippen LogP contribution in [0.5, 0.6) is 0 Å². The molecule has 8 heteroatoms. The Morgan fingerprint density at radius 2 is 2.05 bits per heavy atom. The van der Waals surface area contributed by atoms with Gasteiger partial charge in [0, 0.05) is 12.1 Å². The summed E-state index contributed by atoms with van der Waals surface area (Å²) < 4.78 is 4.86. The molecule has 0 saturated carbocycles. The third-order valence-electron chi connectivity index (χ3n) is 2.62. The van der Waals surface area contributed by atoms with Crippen LogP contribution in [-0.4, -0.2) is 21.9 Å². The lowest BCUT2D eigenvalue weighted by Crippen LogP contribution is -2.26. The molecular formula is C14H10N2O6. The Kier molecular flexibility index (Phi) is 4.33. The van der Waals surface area contributed by atoms with E-state index in [1.54, 1.807) is 0 Å². The van der Waals surface area contributed by atoms with Crippen LogP contribution in [0.1, 0.15) is 16.1 Å². The quantitative estimate of drug-likeness (QED) is 0.495. The van der Waals surface area contributed by atoms with E-state index in [9.17, 15) is 19.7 Å². The van der Waals surface area contributed by atoms with Gasteiger partial charge in [0.25, 0.3) is 11.6 Å². The molecule has 22 heavy (non-hydrogen) atoms. The van der Waals surface area contributed by atoms with Gasteiger partial charge in [-0.2, -0.15) is 0 Å². The lowest BCUT2D eigenvalue weighted by Gasteiger charge is -2.04. The largest absolute Gasteiger partial charge is 0.477 e. The Balaban J connectivity index is 2.27. The second kappa shape index (κ2) is 6.35. The molecule has 0 radical (unpaired) electrons. The van der Waals surface area contributed by atoms with E-state index in [-0.39, 0.29) is 17.0 Å². The minimum atomic E-state index is -1.38. The predicted octanol–water partition coefficient (Wildman–Crippen LogP) is 2.04. The van der Waals surface area contributed by atoms with Crippen molar-refractivity contribution < 1.29 is 24.0 Å². The van der Waals surface area contributed by atoms with Crippen molar-refractivity contribution in [2.24, 2.45) is 0 Å². The number of hydrogen-bond acceptors (Lipinski definition) is 5. The maximum absolute atomic E-state index is 11.8. The molecule has 1 aromatic carbocycles. The zero-order chi connectivity index (χ0) is 16.1. The van der Waals surface area contributed by atoms with E-state index in [1.165, 1.54) is 42.7 Å². The van der Waals surface area contributed by atoms with Gasteiger partial charge in [-0.15, -0.1) is 0 Å². The topological polar surface area (TPSA) is 123 Å². The number of non-ortho nitro benzene ring substituents is 1. The Labute approximate surface area is 123 Å². The number of nitro groups is 1. The van der Waals surface area contributed by atoms with E-state index < -0.39 is 22.5 Å². The first-order valence-corrected chi connectivity index (χ1v) is 6.01. The highest BCUT2D eigenvalue weighted by Gasteiger charge is 2.15. The maximum atomic E-state index is 11.8. The number of carbonyl (C=O) groups is 2. The molecule has 0 aliphatic rings.